The van der Waals surface area contributed by atoms with Gasteiger partial charge in [0.15, 0.2) is 0 Å². The third kappa shape index (κ3) is 2.99. The summed E-state index contributed by atoms with van der Waals surface area (Å²) in [6.45, 7) is 9.56. The van der Waals surface area contributed by atoms with Gasteiger partial charge in [0.25, 0.3) is 0 Å². The summed E-state index contributed by atoms with van der Waals surface area (Å²) in [7, 11) is 2.18. The number of piperazine rings is 1. The fourth-order valence-corrected chi connectivity index (χ4v) is 3.09. The molecule has 0 aliphatic carbocycles. The van der Waals surface area contributed by atoms with Crippen molar-refractivity contribution in [1.29, 1.82) is 0 Å². The summed E-state index contributed by atoms with van der Waals surface area (Å²) in [4.78, 5) is 4.96. The Balaban J connectivity index is 1.97. The van der Waals surface area contributed by atoms with Crippen LogP contribution >= 0.6 is 0 Å². The van der Waals surface area contributed by atoms with Crippen LogP contribution in [0.25, 0.3) is 0 Å². The van der Waals surface area contributed by atoms with Gasteiger partial charge < -0.3 is 10.5 Å². The Morgan fingerprint density at radius 2 is 2.18 bits per heavy atom. The van der Waals surface area contributed by atoms with E-state index in [1.165, 1.54) is 12.8 Å². The molecule has 2 aliphatic heterocycles. The summed E-state index contributed by atoms with van der Waals surface area (Å²) in [6, 6.07) is 0.490. The number of nitrogens with zero attached hydrogens (tertiary/aromatic N) is 2. The Kier molecular flexibility index (Phi) is 4.08. The van der Waals surface area contributed by atoms with Crippen molar-refractivity contribution in [2.75, 3.05) is 39.8 Å². The van der Waals surface area contributed by atoms with Gasteiger partial charge in [0.2, 0.25) is 0 Å². The van der Waals surface area contributed by atoms with Crippen LogP contribution in [0.15, 0.2) is 0 Å². The van der Waals surface area contributed by atoms with Gasteiger partial charge in [0.05, 0.1) is 6.10 Å². The minimum absolute atomic E-state index is 0.229. The second-order valence-corrected chi connectivity index (χ2v) is 6.16. The summed E-state index contributed by atoms with van der Waals surface area (Å²) in [5.41, 5.74) is 6.08. The summed E-state index contributed by atoms with van der Waals surface area (Å²) in [6.07, 6.45) is 2.88. The third-order valence-corrected chi connectivity index (χ3v) is 4.27. The van der Waals surface area contributed by atoms with E-state index in [1.807, 2.05) is 0 Å². The van der Waals surface area contributed by atoms with Crippen molar-refractivity contribution in [3.63, 3.8) is 0 Å². The van der Waals surface area contributed by atoms with E-state index in [0.717, 1.165) is 32.8 Å². The predicted octanol–water partition coefficient (Wildman–Crippen LogP) is 0.519. The summed E-state index contributed by atoms with van der Waals surface area (Å²) in [5, 5.41) is 0. The Labute approximate surface area is 105 Å². The Hall–Kier alpha value is -0.160. The molecule has 2 rings (SSSR count). The lowest BCUT2D eigenvalue weighted by Crippen LogP contribution is -2.64. The van der Waals surface area contributed by atoms with Crippen molar-refractivity contribution in [3.05, 3.63) is 0 Å². The van der Waals surface area contributed by atoms with E-state index in [-0.39, 0.29) is 5.54 Å². The maximum Gasteiger partial charge on any atom is 0.0703 e. The molecule has 0 amide bonds. The Morgan fingerprint density at radius 3 is 2.76 bits per heavy atom. The third-order valence-electron chi connectivity index (χ3n) is 4.27. The summed E-state index contributed by atoms with van der Waals surface area (Å²) < 4.78 is 5.76. The molecule has 4 heteroatoms. The quantitative estimate of drug-likeness (QED) is 0.782. The fourth-order valence-electron chi connectivity index (χ4n) is 3.09. The van der Waals surface area contributed by atoms with Crippen molar-refractivity contribution < 1.29 is 4.74 Å². The van der Waals surface area contributed by atoms with Gasteiger partial charge in [-0.3, -0.25) is 9.80 Å². The number of ether oxygens (including phenoxy) is 1. The van der Waals surface area contributed by atoms with Crippen LogP contribution in [0.3, 0.4) is 0 Å². The van der Waals surface area contributed by atoms with Crippen LogP contribution in [-0.4, -0.2) is 67.3 Å². The molecule has 0 aromatic rings. The van der Waals surface area contributed by atoms with E-state index >= 15 is 0 Å². The molecule has 0 saturated carbocycles. The van der Waals surface area contributed by atoms with Crippen molar-refractivity contribution in [3.8, 4) is 0 Å². The number of rotatable bonds is 3. The molecule has 2 unspecified atom stereocenters. The molecule has 2 saturated heterocycles. The highest BCUT2D eigenvalue weighted by molar-refractivity contribution is 4.95. The van der Waals surface area contributed by atoms with E-state index in [4.69, 9.17) is 10.5 Å². The van der Waals surface area contributed by atoms with Crippen molar-refractivity contribution in [2.45, 2.75) is 44.4 Å². The average molecular weight is 241 g/mol. The van der Waals surface area contributed by atoms with Gasteiger partial charge in [-0.1, -0.05) is 0 Å². The molecule has 2 aliphatic rings. The SMILES string of the molecule is CN1CC(C)(C)N(CC2CCCO2)CC1CN. The highest BCUT2D eigenvalue weighted by Gasteiger charge is 2.38. The maximum atomic E-state index is 5.85. The van der Waals surface area contributed by atoms with Gasteiger partial charge in [-0.05, 0) is 33.7 Å². The molecule has 0 aromatic carbocycles. The first-order chi connectivity index (χ1) is 8.03. The molecule has 2 heterocycles. The van der Waals surface area contributed by atoms with E-state index in [2.05, 4.69) is 30.7 Å². The highest BCUT2D eigenvalue weighted by atomic mass is 16.5. The fraction of sp³-hybridized carbons (Fsp3) is 1.00. The molecule has 17 heavy (non-hydrogen) atoms. The largest absolute Gasteiger partial charge is 0.377 e. The molecule has 0 bridgehead atoms. The van der Waals surface area contributed by atoms with Crippen LogP contribution in [-0.2, 0) is 4.74 Å². The van der Waals surface area contributed by atoms with Crippen molar-refractivity contribution in [1.82, 2.24) is 9.80 Å². The predicted molar refractivity (Wildman–Crippen MR) is 70.1 cm³/mol. The lowest BCUT2D eigenvalue weighted by Gasteiger charge is -2.50. The molecule has 0 radical (unpaired) electrons. The standard InChI is InChI=1S/C13H27N3O/c1-13(2)10-15(3)11(7-14)8-16(13)9-12-5-4-6-17-12/h11-12H,4-10,14H2,1-3H3. The van der Waals surface area contributed by atoms with E-state index in [9.17, 15) is 0 Å². The van der Waals surface area contributed by atoms with E-state index < -0.39 is 0 Å². The average Bonchev–Trinajstić information content (AvgIpc) is 2.74. The number of hydrogen-bond donors (Lipinski definition) is 1. The monoisotopic (exact) mass is 241 g/mol. The molecule has 0 aromatic heterocycles. The second kappa shape index (κ2) is 5.22. The number of hydrogen-bond acceptors (Lipinski definition) is 4. The smallest absolute Gasteiger partial charge is 0.0703 e. The first-order valence-corrected chi connectivity index (χ1v) is 6.80. The van der Waals surface area contributed by atoms with Crippen LogP contribution in [0.4, 0.5) is 0 Å². The van der Waals surface area contributed by atoms with Gasteiger partial charge in [-0.25, -0.2) is 0 Å². The first-order valence-electron chi connectivity index (χ1n) is 6.80. The van der Waals surface area contributed by atoms with Crippen LogP contribution in [0.2, 0.25) is 0 Å². The zero-order valence-electron chi connectivity index (χ0n) is 11.5. The maximum absolute atomic E-state index is 5.85. The van der Waals surface area contributed by atoms with Crippen LogP contribution < -0.4 is 5.73 Å². The van der Waals surface area contributed by atoms with Gasteiger partial charge in [0.1, 0.15) is 0 Å². The zero-order chi connectivity index (χ0) is 12.5. The Morgan fingerprint density at radius 1 is 1.41 bits per heavy atom. The topological polar surface area (TPSA) is 41.7 Å². The number of likely N-dealkylation sites (N-methyl/N-ethyl adjacent to an activating group) is 1. The molecule has 0 spiro atoms. The molecule has 2 fully saturated rings. The highest BCUT2D eigenvalue weighted by Crippen LogP contribution is 2.25. The van der Waals surface area contributed by atoms with Gasteiger partial charge in [-0.2, -0.15) is 0 Å². The summed E-state index contributed by atoms with van der Waals surface area (Å²) >= 11 is 0. The van der Waals surface area contributed by atoms with E-state index in [1.54, 1.807) is 0 Å². The number of nitrogens with two attached hydrogens (primary N) is 1. The minimum atomic E-state index is 0.229. The van der Waals surface area contributed by atoms with Crippen LogP contribution in [0.1, 0.15) is 26.7 Å². The van der Waals surface area contributed by atoms with Gasteiger partial charge in [-0.15, -0.1) is 0 Å². The molecular formula is C13H27N3O. The zero-order valence-corrected chi connectivity index (χ0v) is 11.5. The van der Waals surface area contributed by atoms with Crippen molar-refractivity contribution in [2.24, 2.45) is 5.73 Å². The second-order valence-electron chi connectivity index (χ2n) is 6.16. The lowest BCUT2D eigenvalue weighted by molar-refractivity contribution is -0.0322. The Bertz CT molecular complexity index is 249. The molecule has 100 valence electrons. The van der Waals surface area contributed by atoms with Crippen molar-refractivity contribution >= 4 is 0 Å². The normalized spacial score (nSPS) is 35.3. The first kappa shape index (κ1) is 13.3. The molecule has 2 N–H and O–H groups in total. The lowest BCUT2D eigenvalue weighted by atomic mass is 9.95. The molecule has 2 atom stereocenters. The summed E-state index contributed by atoms with van der Waals surface area (Å²) in [5.74, 6) is 0. The van der Waals surface area contributed by atoms with Crippen LogP contribution in [0, 0.1) is 0 Å². The van der Waals surface area contributed by atoms with Gasteiger partial charge in [0, 0.05) is 44.4 Å². The van der Waals surface area contributed by atoms with Gasteiger partial charge >= 0.3 is 0 Å². The molecular weight excluding hydrogens is 214 g/mol. The minimum Gasteiger partial charge on any atom is -0.377 e. The molecule has 4 nitrogen and oxygen atoms in total. The van der Waals surface area contributed by atoms with Crippen LogP contribution in [0.5, 0.6) is 0 Å². The van der Waals surface area contributed by atoms with E-state index in [0.29, 0.717) is 12.1 Å².